The minimum absolute atomic E-state index is 0.0780. The number of ether oxygens (including phenoxy) is 2. The normalized spacial score (nSPS) is 19.1. The van der Waals surface area contributed by atoms with Gasteiger partial charge in [0, 0.05) is 6.42 Å². The zero-order chi connectivity index (χ0) is 21.7. The van der Waals surface area contributed by atoms with Crippen LogP contribution in [0.5, 0.6) is 0 Å². The Morgan fingerprint density at radius 1 is 1.07 bits per heavy atom. The van der Waals surface area contributed by atoms with Crippen molar-refractivity contribution >= 4 is 35.1 Å². The number of amides is 2. The first-order chi connectivity index (χ1) is 14.3. The van der Waals surface area contributed by atoms with Crippen molar-refractivity contribution in [3.05, 3.63) is 64.9 Å². The van der Waals surface area contributed by atoms with Crippen LogP contribution in [0.2, 0.25) is 5.02 Å². The Morgan fingerprint density at radius 2 is 1.70 bits per heavy atom. The monoisotopic (exact) mass is 436 g/mol. The second kappa shape index (κ2) is 9.66. The van der Waals surface area contributed by atoms with Gasteiger partial charge in [0.25, 0.3) is 11.8 Å². The van der Waals surface area contributed by atoms with E-state index in [1.807, 2.05) is 0 Å². The number of halogens is 2. The molecule has 0 aromatic heterocycles. The van der Waals surface area contributed by atoms with Crippen LogP contribution >= 0.6 is 11.6 Å². The Hall–Kier alpha value is -3.01. The molecule has 2 aromatic carbocycles. The zero-order valence-electron chi connectivity index (χ0n) is 15.5. The molecule has 2 aromatic rings. The molecule has 1 saturated heterocycles. The second-order valence-electron chi connectivity index (χ2n) is 6.49. The van der Waals surface area contributed by atoms with Crippen molar-refractivity contribution in [1.29, 1.82) is 0 Å². The molecule has 0 saturated carbocycles. The Bertz CT molecular complexity index is 939. The summed E-state index contributed by atoms with van der Waals surface area (Å²) in [7, 11) is 0. The third-order valence-corrected chi connectivity index (χ3v) is 4.72. The van der Waals surface area contributed by atoms with Crippen molar-refractivity contribution in [2.75, 3.05) is 12.1 Å². The van der Waals surface area contributed by atoms with Crippen LogP contribution in [0.1, 0.15) is 5.56 Å². The number of nitrogens with one attached hydrogen (secondary N) is 2. The van der Waals surface area contributed by atoms with Gasteiger partial charge in [-0.3, -0.25) is 9.59 Å². The standard InChI is InChI=1S/C20H18ClFN2O6/c21-13-3-1-2-4-14(13)23-18(25)16-17(30-10-29-16)19(26)24-15(20(27)28)9-11-5-7-12(22)8-6-11/h1-8,15-17H,9-10H2,(H,23,25)(H,24,26)(H,27,28). The van der Waals surface area contributed by atoms with Gasteiger partial charge in [0.1, 0.15) is 18.7 Å². The Balaban J connectivity index is 1.66. The lowest BCUT2D eigenvalue weighted by Crippen LogP contribution is -2.51. The van der Waals surface area contributed by atoms with Crippen LogP contribution in [0.4, 0.5) is 10.1 Å². The first-order valence-corrected chi connectivity index (χ1v) is 9.29. The third kappa shape index (κ3) is 5.32. The van der Waals surface area contributed by atoms with E-state index in [2.05, 4.69) is 10.6 Å². The zero-order valence-corrected chi connectivity index (χ0v) is 16.3. The Kier molecular flexibility index (Phi) is 6.99. The number of aliphatic carboxylic acids is 1. The van der Waals surface area contributed by atoms with E-state index in [1.54, 1.807) is 24.3 Å². The van der Waals surface area contributed by atoms with Crippen molar-refractivity contribution < 1.29 is 33.4 Å². The molecule has 3 rings (SSSR count). The van der Waals surface area contributed by atoms with Gasteiger partial charge in [-0.1, -0.05) is 35.9 Å². The lowest BCUT2D eigenvalue weighted by atomic mass is 10.0. The van der Waals surface area contributed by atoms with Gasteiger partial charge in [0.2, 0.25) is 0 Å². The quantitative estimate of drug-likeness (QED) is 0.611. The summed E-state index contributed by atoms with van der Waals surface area (Å²) < 4.78 is 23.4. The van der Waals surface area contributed by atoms with Crippen LogP contribution in [0.3, 0.4) is 0 Å². The van der Waals surface area contributed by atoms with Gasteiger partial charge in [-0.2, -0.15) is 0 Å². The van der Waals surface area contributed by atoms with Crippen molar-refractivity contribution in [1.82, 2.24) is 5.32 Å². The fraction of sp³-hybridized carbons (Fsp3) is 0.250. The molecular weight excluding hydrogens is 419 g/mol. The molecule has 1 heterocycles. The molecule has 1 aliphatic heterocycles. The van der Waals surface area contributed by atoms with Gasteiger partial charge in [-0.05, 0) is 29.8 Å². The molecule has 1 aliphatic rings. The van der Waals surface area contributed by atoms with E-state index in [0.29, 0.717) is 16.3 Å². The number of hydrogen-bond donors (Lipinski definition) is 3. The minimum atomic E-state index is -1.34. The van der Waals surface area contributed by atoms with Crippen molar-refractivity contribution in [2.24, 2.45) is 0 Å². The largest absolute Gasteiger partial charge is 0.480 e. The molecule has 3 N–H and O–H groups in total. The Morgan fingerprint density at radius 3 is 2.33 bits per heavy atom. The van der Waals surface area contributed by atoms with Crippen LogP contribution in [-0.4, -0.2) is 47.9 Å². The number of carboxylic acid groups (broad SMARTS) is 1. The molecule has 0 radical (unpaired) electrons. The van der Waals surface area contributed by atoms with Gasteiger partial charge in [-0.15, -0.1) is 0 Å². The highest BCUT2D eigenvalue weighted by molar-refractivity contribution is 6.33. The predicted molar refractivity (Wildman–Crippen MR) is 104 cm³/mol. The maximum Gasteiger partial charge on any atom is 0.326 e. The molecule has 1 fully saturated rings. The molecule has 10 heteroatoms. The van der Waals surface area contributed by atoms with E-state index in [-0.39, 0.29) is 13.2 Å². The third-order valence-electron chi connectivity index (χ3n) is 4.39. The molecular formula is C20H18ClFN2O6. The van der Waals surface area contributed by atoms with E-state index < -0.39 is 41.9 Å². The van der Waals surface area contributed by atoms with Crippen LogP contribution in [0.25, 0.3) is 0 Å². The second-order valence-corrected chi connectivity index (χ2v) is 6.90. The summed E-state index contributed by atoms with van der Waals surface area (Å²) in [5, 5.41) is 14.6. The van der Waals surface area contributed by atoms with Gasteiger partial charge >= 0.3 is 5.97 Å². The Labute approximate surface area is 175 Å². The molecule has 158 valence electrons. The first kappa shape index (κ1) is 21.7. The predicted octanol–water partition coefficient (Wildman–Crippen LogP) is 1.97. The summed E-state index contributed by atoms with van der Waals surface area (Å²) in [5.74, 6) is -3.23. The van der Waals surface area contributed by atoms with E-state index in [9.17, 15) is 23.9 Å². The van der Waals surface area contributed by atoms with E-state index >= 15 is 0 Å². The summed E-state index contributed by atoms with van der Waals surface area (Å²) in [6, 6.07) is 10.5. The molecule has 3 unspecified atom stereocenters. The van der Waals surface area contributed by atoms with E-state index in [1.165, 1.54) is 24.3 Å². The molecule has 8 nitrogen and oxygen atoms in total. The first-order valence-electron chi connectivity index (χ1n) is 8.91. The maximum atomic E-state index is 13.0. The van der Waals surface area contributed by atoms with Crippen molar-refractivity contribution in [2.45, 2.75) is 24.7 Å². The molecule has 0 spiro atoms. The summed E-state index contributed by atoms with van der Waals surface area (Å²) in [5.41, 5.74) is 0.847. The summed E-state index contributed by atoms with van der Waals surface area (Å²) in [6.45, 7) is -0.311. The van der Waals surface area contributed by atoms with Gasteiger partial charge in [0.15, 0.2) is 12.2 Å². The SMILES string of the molecule is O=C(O)C(Cc1ccc(F)cc1)NC(=O)C1OCOC1C(=O)Nc1ccccc1Cl. The summed E-state index contributed by atoms with van der Waals surface area (Å²) in [6.07, 6.45) is -2.71. The number of hydrogen-bond acceptors (Lipinski definition) is 5. The number of benzene rings is 2. The van der Waals surface area contributed by atoms with Crippen LogP contribution in [0.15, 0.2) is 48.5 Å². The maximum absolute atomic E-state index is 13.0. The van der Waals surface area contributed by atoms with Gasteiger partial charge in [-0.25, -0.2) is 9.18 Å². The molecule has 0 bridgehead atoms. The van der Waals surface area contributed by atoms with Gasteiger partial charge in [0.05, 0.1) is 10.7 Å². The smallest absolute Gasteiger partial charge is 0.326 e. The number of anilines is 1. The average molecular weight is 437 g/mol. The van der Waals surface area contributed by atoms with Crippen molar-refractivity contribution in [3.8, 4) is 0 Å². The number of para-hydroxylation sites is 1. The molecule has 2 amide bonds. The molecule has 0 aliphatic carbocycles. The van der Waals surface area contributed by atoms with E-state index in [4.69, 9.17) is 21.1 Å². The van der Waals surface area contributed by atoms with Crippen LogP contribution < -0.4 is 10.6 Å². The lowest BCUT2D eigenvalue weighted by molar-refractivity contribution is -0.144. The number of carboxylic acids is 1. The van der Waals surface area contributed by atoms with Crippen molar-refractivity contribution in [3.63, 3.8) is 0 Å². The van der Waals surface area contributed by atoms with Crippen LogP contribution in [0, 0.1) is 5.82 Å². The minimum Gasteiger partial charge on any atom is -0.480 e. The highest BCUT2D eigenvalue weighted by Gasteiger charge is 2.41. The number of carbonyl (C=O) groups excluding carboxylic acids is 2. The number of carbonyl (C=O) groups is 3. The summed E-state index contributed by atoms with van der Waals surface area (Å²) in [4.78, 5) is 36.7. The molecule has 3 atom stereocenters. The molecule has 30 heavy (non-hydrogen) atoms. The lowest BCUT2D eigenvalue weighted by Gasteiger charge is -2.20. The number of rotatable bonds is 7. The fourth-order valence-electron chi connectivity index (χ4n) is 2.86. The average Bonchev–Trinajstić information content (AvgIpc) is 3.21. The highest BCUT2D eigenvalue weighted by Crippen LogP contribution is 2.22. The summed E-state index contributed by atoms with van der Waals surface area (Å²) >= 11 is 6.01. The van der Waals surface area contributed by atoms with E-state index in [0.717, 1.165) is 0 Å². The highest BCUT2D eigenvalue weighted by atomic mass is 35.5. The fourth-order valence-corrected chi connectivity index (χ4v) is 3.05. The van der Waals surface area contributed by atoms with Gasteiger partial charge < -0.3 is 25.2 Å². The van der Waals surface area contributed by atoms with Crippen LogP contribution in [-0.2, 0) is 30.3 Å². The topological polar surface area (TPSA) is 114 Å².